The van der Waals surface area contributed by atoms with Crippen LogP contribution >= 0.6 is 0 Å². The van der Waals surface area contributed by atoms with Gasteiger partial charge in [-0.05, 0) is 56.6 Å². The minimum Gasteiger partial charge on any atom is -0.486 e. The monoisotopic (exact) mass is 366 g/mol. The molecule has 1 amide bonds. The largest absolute Gasteiger partial charge is 0.486 e. The van der Waals surface area contributed by atoms with E-state index in [0.717, 1.165) is 13.1 Å². The van der Waals surface area contributed by atoms with E-state index in [1.807, 2.05) is 0 Å². The summed E-state index contributed by atoms with van der Waals surface area (Å²) >= 11 is 0. The summed E-state index contributed by atoms with van der Waals surface area (Å²) in [6.07, 6.45) is 2.44. The van der Waals surface area contributed by atoms with Crippen LogP contribution in [0.2, 0.25) is 0 Å². The second kappa shape index (κ2) is 8.01. The van der Waals surface area contributed by atoms with Crippen LogP contribution in [0, 0.1) is 6.92 Å². The molecule has 1 N–H and O–H groups in total. The maximum absolute atomic E-state index is 12.7. The van der Waals surface area contributed by atoms with E-state index in [4.69, 9.17) is 9.47 Å². The van der Waals surface area contributed by atoms with Gasteiger partial charge in [0.05, 0.1) is 6.04 Å². The average molecular weight is 366 g/mol. The van der Waals surface area contributed by atoms with Crippen LogP contribution in [0.3, 0.4) is 0 Å². The van der Waals surface area contributed by atoms with Gasteiger partial charge in [-0.2, -0.15) is 0 Å². The second-order valence-electron chi connectivity index (χ2n) is 7.24. The Bertz CT molecular complexity index is 798. The fourth-order valence-corrected chi connectivity index (χ4v) is 3.78. The Morgan fingerprint density at radius 1 is 1.04 bits per heavy atom. The van der Waals surface area contributed by atoms with Crippen molar-refractivity contribution in [2.75, 3.05) is 32.8 Å². The fourth-order valence-electron chi connectivity index (χ4n) is 3.78. The van der Waals surface area contributed by atoms with E-state index in [1.165, 1.54) is 24.0 Å². The molecule has 2 aromatic rings. The molecule has 4 rings (SSSR count). The van der Waals surface area contributed by atoms with Crippen molar-refractivity contribution in [1.82, 2.24) is 10.2 Å². The molecule has 27 heavy (non-hydrogen) atoms. The smallest absolute Gasteiger partial charge is 0.251 e. The van der Waals surface area contributed by atoms with Gasteiger partial charge in [-0.15, -0.1) is 0 Å². The summed E-state index contributed by atoms with van der Waals surface area (Å²) < 4.78 is 11.1. The van der Waals surface area contributed by atoms with Gasteiger partial charge in [-0.25, -0.2) is 0 Å². The molecule has 1 saturated heterocycles. The summed E-state index contributed by atoms with van der Waals surface area (Å²) in [4.78, 5) is 15.2. The number of nitrogens with zero attached hydrogens (tertiary/aromatic N) is 1. The van der Waals surface area contributed by atoms with Crippen molar-refractivity contribution in [3.05, 3.63) is 59.2 Å². The van der Waals surface area contributed by atoms with Crippen molar-refractivity contribution in [3.8, 4) is 11.5 Å². The minimum atomic E-state index is -0.0803. The number of rotatable bonds is 5. The van der Waals surface area contributed by atoms with Gasteiger partial charge >= 0.3 is 0 Å². The average Bonchev–Trinajstić information content (AvgIpc) is 3.23. The highest BCUT2D eigenvalue weighted by Gasteiger charge is 2.24. The van der Waals surface area contributed by atoms with E-state index in [-0.39, 0.29) is 11.9 Å². The number of hydrogen-bond donors (Lipinski definition) is 1. The van der Waals surface area contributed by atoms with E-state index >= 15 is 0 Å². The number of hydrogen-bond acceptors (Lipinski definition) is 4. The zero-order valence-electron chi connectivity index (χ0n) is 15.7. The molecule has 2 aromatic carbocycles. The Kier molecular flexibility index (Phi) is 5.30. The molecule has 0 spiro atoms. The van der Waals surface area contributed by atoms with E-state index < -0.39 is 0 Å². The predicted molar refractivity (Wildman–Crippen MR) is 104 cm³/mol. The summed E-state index contributed by atoms with van der Waals surface area (Å²) in [7, 11) is 0. The van der Waals surface area contributed by atoms with E-state index in [0.29, 0.717) is 36.8 Å². The summed E-state index contributed by atoms with van der Waals surface area (Å²) in [5.74, 6) is 1.26. The Morgan fingerprint density at radius 2 is 1.74 bits per heavy atom. The molecule has 2 aliphatic rings. The second-order valence-corrected chi connectivity index (χ2v) is 7.24. The number of fused-ring (bicyclic) bond motifs is 1. The molecular weight excluding hydrogens is 340 g/mol. The van der Waals surface area contributed by atoms with Crippen LogP contribution in [0.4, 0.5) is 0 Å². The van der Waals surface area contributed by atoms with Gasteiger partial charge in [0.25, 0.3) is 5.91 Å². The first kappa shape index (κ1) is 17.9. The van der Waals surface area contributed by atoms with E-state index in [1.54, 1.807) is 18.2 Å². The number of carbonyl (C=O) groups excluding carboxylic acids is 1. The lowest BCUT2D eigenvalue weighted by Crippen LogP contribution is -2.36. The minimum absolute atomic E-state index is 0.0803. The molecule has 2 aliphatic heterocycles. The number of nitrogens with one attached hydrogen (secondary N) is 1. The zero-order valence-corrected chi connectivity index (χ0v) is 15.7. The number of carbonyl (C=O) groups is 1. The van der Waals surface area contributed by atoms with Gasteiger partial charge < -0.3 is 14.8 Å². The number of likely N-dealkylation sites (tertiary alicyclic amines) is 1. The maximum Gasteiger partial charge on any atom is 0.251 e. The third-order valence-corrected chi connectivity index (χ3v) is 5.30. The highest BCUT2D eigenvalue weighted by molar-refractivity contribution is 5.94. The maximum atomic E-state index is 12.7. The SMILES string of the molecule is Cc1ccc(C(CNC(=O)c2ccc3c(c2)OCCO3)N2CCCC2)cc1. The van der Waals surface area contributed by atoms with Crippen LogP contribution in [-0.4, -0.2) is 43.7 Å². The van der Waals surface area contributed by atoms with Crippen molar-refractivity contribution in [1.29, 1.82) is 0 Å². The molecule has 0 saturated carbocycles. The lowest BCUT2D eigenvalue weighted by atomic mass is 10.0. The van der Waals surface area contributed by atoms with Crippen molar-refractivity contribution >= 4 is 5.91 Å². The number of benzene rings is 2. The number of ether oxygens (including phenoxy) is 2. The lowest BCUT2D eigenvalue weighted by Gasteiger charge is -2.28. The standard InChI is InChI=1S/C22H26N2O3/c1-16-4-6-17(7-5-16)19(24-10-2-3-11-24)15-23-22(25)18-8-9-20-21(14-18)27-13-12-26-20/h4-9,14,19H,2-3,10-13,15H2,1H3,(H,23,25). The molecule has 5 heteroatoms. The van der Waals surface area contributed by atoms with Crippen LogP contribution in [0.5, 0.6) is 11.5 Å². The summed E-state index contributed by atoms with van der Waals surface area (Å²) in [6.45, 7) is 5.92. The van der Waals surface area contributed by atoms with Crippen molar-refractivity contribution in [2.24, 2.45) is 0 Å². The van der Waals surface area contributed by atoms with Crippen molar-refractivity contribution in [3.63, 3.8) is 0 Å². The number of aryl methyl sites for hydroxylation is 1. The van der Waals surface area contributed by atoms with Gasteiger partial charge in [-0.3, -0.25) is 9.69 Å². The number of amides is 1. The summed E-state index contributed by atoms with van der Waals surface area (Å²) in [5.41, 5.74) is 3.10. The first-order valence-electron chi connectivity index (χ1n) is 9.69. The molecule has 1 atom stereocenters. The molecule has 2 heterocycles. The topological polar surface area (TPSA) is 50.8 Å². The van der Waals surface area contributed by atoms with Crippen LogP contribution in [0.1, 0.15) is 40.4 Å². The normalized spacial score (nSPS) is 17.5. The van der Waals surface area contributed by atoms with E-state index in [2.05, 4.69) is 41.4 Å². The summed E-state index contributed by atoms with van der Waals surface area (Å²) in [6, 6.07) is 14.2. The Balaban J connectivity index is 1.47. The zero-order chi connectivity index (χ0) is 18.6. The van der Waals surface area contributed by atoms with Gasteiger partial charge in [0.2, 0.25) is 0 Å². The Hall–Kier alpha value is -2.53. The van der Waals surface area contributed by atoms with Gasteiger partial charge in [0.1, 0.15) is 13.2 Å². The molecule has 1 fully saturated rings. The van der Waals surface area contributed by atoms with Crippen LogP contribution in [-0.2, 0) is 0 Å². The third-order valence-electron chi connectivity index (χ3n) is 5.30. The van der Waals surface area contributed by atoms with Crippen molar-refractivity contribution < 1.29 is 14.3 Å². The van der Waals surface area contributed by atoms with E-state index in [9.17, 15) is 4.79 Å². The predicted octanol–water partition coefficient (Wildman–Crippen LogP) is 3.33. The van der Waals surface area contributed by atoms with Gasteiger partial charge in [-0.1, -0.05) is 29.8 Å². The molecule has 5 nitrogen and oxygen atoms in total. The highest BCUT2D eigenvalue weighted by atomic mass is 16.6. The third kappa shape index (κ3) is 4.08. The van der Waals surface area contributed by atoms with Gasteiger partial charge in [0.15, 0.2) is 11.5 Å². The van der Waals surface area contributed by atoms with Crippen LogP contribution in [0.15, 0.2) is 42.5 Å². The fraction of sp³-hybridized carbons (Fsp3) is 0.409. The first-order valence-corrected chi connectivity index (χ1v) is 9.69. The molecule has 0 radical (unpaired) electrons. The quantitative estimate of drug-likeness (QED) is 0.882. The summed E-state index contributed by atoms with van der Waals surface area (Å²) in [5, 5.41) is 3.12. The molecule has 142 valence electrons. The lowest BCUT2D eigenvalue weighted by molar-refractivity contribution is 0.0936. The molecular formula is C22H26N2O3. The Labute approximate surface area is 160 Å². The molecule has 1 unspecified atom stereocenters. The molecule has 0 aliphatic carbocycles. The van der Waals surface area contributed by atoms with Crippen LogP contribution in [0.25, 0.3) is 0 Å². The first-order chi connectivity index (χ1) is 13.2. The molecule has 0 aromatic heterocycles. The highest BCUT2D eigenvalue weighted by Crippen LogP contribution is 2.31. The van der Waals surface area contributed by atoms with Crippen LogP contribution < -0.4 is 14.8 Å². The van der Waals surface area contributed by atoms with Crippen molar-refractivity contribution in [2.45, 2.75) is 25.8 Å². The molecule has 0 bridgehead atoms. The Morgan fingerprint density at radius 3 is 2.48 bits per heavy atom. The van der Waals surface area contributed by atoms with Gasteiger partial charge in [0, 0.05) is 12.1 Å².